The number of phosphoric acid groups is 2. The Morgan fingerprint density at radius 1 is 0.977 bits per heavy atom. The third-order valence-corrected chi connectivity index (χ3v) is 8.44. The summed E-state index contributed by atoms with van der Waals surface area (Å²) in [5.74, 6) is 0.0941. The second kappa shape index (κ2) is 11.5. The van der Waals surface area contributed by atoms with Gasteiger partial charge in [-0.05, 0) is 12.8 Å². The van der Waals surface area contributed by atoms with E-state index < -0.39 is 71.4 Å². The van der Waals surface area contributed by atoms with Crippen LogP contribution in [0.3, 0.4) is 0 Å². The average molecular weight is 660 g/mol. The minimum absolute atomic E-state index is 0.000412. The Kier molecular flexibility index (Phi) is 8.01. The zero-order valence-electron chi connectivity index (χ0n) is 22.3. The molecule has 4 aromatic heterocycles. The highest BCUT2D eigenvalue weighted by molar-refractivity contribution is 7.47. The van der Waals surface area contributed by atoms with Crippen LogP contribution in [0.5, 0.6) is 0 Å². The number of hydrogen-bond acceptors (Lipinski definition) is 16. The highest BCUT2D eigenvalue weighted by atomic mass is 31.2. The van der Waals surface area contributed by atoms with Gasteiger partial charge in [0, 0.05) is 0 Å². The lowest BCUT2D eigenvalue weighted by atomic mass is 10.1. The molecule has 2 fully saturated rings. The van der Waals surface area contributed by atoms with Gasteiger partial charge < -0.3 is 45.7 Å². The van der Waals surface area contributed by atoms with Crippen LogP contribution in [0, 0.1) is 0 Å². The Labute approximate surface area is 244 Å². The summed E-state index contributed by atoms with van der Waals surface area (Å²) in [6, 6.07) is 0. The summed E-state index contributed by atoms with van der Waals surface area (Å²) >= 11 is 0. The zero-order chi connectivity index (χ0) is 31.4. The molecule has 6 heterocycles. The Bertz CT molecular complexity index is 1840. The van der Waals surface area contributed by atoms with Crippen LogP contribution >= 0.6 is 15.6 Å². The molecule has 9 N–H and O–H groups in total. The number of nitrogens with two attached hydrogens (primary N) is 2. The van der Waals surface area contributed by atoms with E-state index >= 15 is 0 Å². The number of hydrogen-bond donors (Lipinski definition) is 7. The molecule has 4 aromatic rings. The molecule has 0 radical (unpaired) electrons. The molecular formula is C20H26N10O12P2. The van der Waals surface area contributed by atoms with Crippen molar-refractivity contribution in [1.29, 1.82) is 0 Å². The van der Waals surface area contributed by atoms with Crippen LogP contribution in [-0.2, 0) is 32.2 Å². The van der Waals surface area contributed by atoms with Crippen LogP contribution in [0.25, 0.3) is 22.3 Å². The van der Waals surface area contributed by atoms with Crippen LogP contribution in [0.2, 0.25) is 0 Å². The van der Waals surface area contributed by atoms with E-state index in [2.05, 4.69) is 34.4 Å². The van der Waals surface area contributed by atoms with Gasteiger partial charge in [0.1, 0.15) is 48.2 Å². The number of phosphoric ester groups is 2. The van der Waals surface area contributed by atoms with Gasteiger partial charge in [0.25, 0.3) is 0 Å². The molecule has 0 saturated carbocycles. The number of aromatic amines is 1. The monoisotopic (exact) mass is 660 g/mol. The topological polar surface area (TPSA) is 320 Å². The van der Waals surface area contributed by atoms with Crippen molar-refractivity contribution in [2.45, 2.75) is 49.7 Å². The predicted octanol–water partition coefficient (Wildman–Crippen LogP) is -1.33. The minimum Gasteiger partial charge on any atom is -0.387 e. The molecule has 6 rings (SSSR count). The van der Waals surface area contributed by atoms with Crippen molar-refractivity contribution < 1.29 is 52.0 Å². The fourth-order valence-corrected chi connectivity index (χ4v) is 6.29. The molecule has 44 heavy (non-hydrogen) atoms. The first kappa shape index (κ1) is 30.6. The fraction of sp³-hybridized carbons (Fsp3) is 0.500. The molecule has 7 atom stereocenters. The Hall–Kier alpha value is -3.40. The first-order chi connectivity index (χ1) is 20.8. The normalized spacial score (nSPS) is 27.4. The van der Waals surface area contributed by atoms with E-state index in [9.17, 15) is 23.9 Å². The third-order valence-electron chi connectivity index (χ3n) is 6.97. The van der Waals surface area contributed by atoms with Gasteiger partial charge in [0.2, 0.25) is 0 Å². The number of rotatable bonds is 10. The summed E-state index contributed by atoms with van der Waals surface area (Å²) < 4.78 is 53.3. The van der Waals surface area contributed by atoms with Crippen molar-refractivity contribution >= 4 is 49.6 Å². The van der Waals surface area contributed by atoms with E-state index in [0.717, 1.165) is 10.9 Å². The van der Waals surface area contributed by atoms with Gasteiger partial charge in [-0.25, -0.2) is 43.4 Å². The van der Waals surface area contributed by atoms with Crippen LogP contribution < -0.4 is 17.2 Å². The largest absolute Gasteiger partial charge is 0.472 e. The van der Waals surface area contributed by atoms with Gasteiger partial charge >= 0.3 is 21.3 Å². The molecular weight excluding hydrogens is 634 g/mol. The lowest BCUT2D eigenvalue weighted by Crippen LogP contribution is -2.37. The molecule has 3 unspecified atom stereocenters. The van der Waals surface area contributed by atoms with Gasteiger partial charge in [-0.15, -0.1) is 0 Å². The number of fused-ring (bicyclic) bond motifs is 2. The Morgan fingerprint density at radius 2 is 1.70 bits per heavy atom. The van der Waals surface area contributed by atoms with Gasteiger partial charge in [-0.2, -0.15) is 0 Å². The summed E-state index contributed by atoms with van der Waals surface area (Å²) in [6.07, 6.45) is -3.33. The Morgan fingerprint density at radius 3 is 2.45 bits per heavy atom. The second-order valence-corrected chi connectivity index (χ2v) is 12.5. The number of nitrogens with zero attached hydrogens (tertiary/aromatic N) is 7. The summed E-state index contributed by atoms with van der Waals surface area (Å²) in [6.45, 7) is -1.28. The second-order valence-electron chi connectivity index (χ2n) is 9.81. The number of aliphatic hydroxyl groups excluding tert-OH is 1. The van der Waals surface area contributed by atoms with E-state index in [1.54, 1.807) is 4.57 Å². The number of imidazole rings is 2. The van der Waals surface area contributed by atoms with Crippen LogP contribution in [-0.4, -0.2) is 96.5 Å². The number of anilines is 2. The summed E-state index contributed by atoms with van der Waals surface area (Å²) in [5.41, 5.74) is 11.5. The van der Waals surface area contributed by atoms with Crippen molar-refractivity contribution in [1.82, 2.24) is 39.0 Å². The van der Waals surface area contributed by atoms with Crippen molar-refractivity contribution in [3.63, 3.8) is 0 Å². The number of H-pyrrole nitrogens is 1. The maximum Gasteiger partial charge on any atom is 0.472 e. The van der Waals surface area contributed by atoms with E-state index in [1.165, 1.54) is 12.7 Å². The molecule has 0 aliphatic carbocycles. The summed E-state index contributed by atoms with van der Waals surface area (Å²) in [4.78, 5) is 64.1. The predicted molar refractivity (Wildman–Crippen MR) is 144 cm³/mol. The van der Waals surface area contributed by atoms with Crippen molar-refractivity contribution in [2.75, 3.05) is 24.7 Å². The summed E-state index contributed by atoms with van der Waals surface area (Å²) in [5, 5.41) is 10.9. The van der Waals surface area contributed by atoms with Crippen LogP contribution in [0.1, 0.15) is 25.3 Å². The van der Waals surface area contributed by atoms with Gasteiger partial charge in [-0.3, -0.25) is 18.1 Å². The molecule has 2 aliphatic heterocycles. The molecule has 2 aliphatic rings. The molecule has 24 heteroatoms. The van der Waals surface area contributed by atoms with Crippen LogP contribution in [0.4, 0.5) is 11.6 Å². The quantitative estimate of drug-likeness (QED) is 0.0969. The minimum atomic E-state index is -5.01. The van der Waals surface area contributed by atoms with E-state index in [4.69, 9.17) is 39.8 Å². The van der Waals surface area contributed by atoms with E-state index in [-0.39, 0.29) is 22.8 Å². The van der Waals surface area contributed by atoms with Crippen LogP contribution in [0.15, 0.2) is 23.8 Å². The first-order valence-corrected chi connectivity index (χ1v) is 15.8. The number of aromatic nitrogens is 8. The molecule has 0 aromatic carbocycles. The molecule has 0 bridgehead atoms. The lowest BCUT2D eigenvalue weighted by molar-refractivity contribution is -0.0548. The fourth-order valence-electron chi connectivity index (χ4n) is 5.00. The number of ether oxygens (including phenoxy) is 2. The number of aliphatic hydroxyl groups is 1. The van der Waals surface area contributed by atoms with E-state index in [0.29, 0.717) is 24.0 Å². The molecule has 0 spiro atoms. The maximum atomic E-state index is 13.1. The summed E-state index contributed by atoms with van der Waals surface area (Å²) in [7, 11) is -10.0. The third kappa shape index (κ3) is 5.97. The number of nitrogens with one attached hydrogen (secondary N) is 1. The smallest absolute Gasteiger partial charge is 0.387 e. The molecule has 22 nitrogen and oxygen atoms in total. The van der Waals surface area contributed by atoms with Crippen molar-refractivity contribution in [2.24, 2.45) is 0 Å². The Balaban J connectivity index is 1.18. The SMILES string of the molecule is Nc1ncnc2c1ncn2[C@H]1CC[C@@H](COP(=O)(O)OC2[C@H](O)C(COP(=O)(O)O)O[C@H]2n2c(=O)[nH]c3c(N)ncnc32)O1. The molecule has 238 valence electrons. The molecule has 2 saturated heterocycles. The average Bonchev–Trinajstić information content (AvgIpc) is 3.72. The van der Waals surface area contributed by atoms with Gasteiger partial charge in [-0.1, -0.05) is 0 Å². The first-order valence-electron chi connectivity index (χ1n) is 12.8. The highest BCUT2D eigenvalue weighted by Crippen LogP contribution is 2.50. The van der Waals surface area contributed by atoms with Crippen molar-refractivity contribution in [3.8, 4) is 0 Å². The lowest BCUT2D eigenvalue weighted by Gasteiger charge is -2.24. The standard InChI is InChI=1S/C20H26N10O12P2/c21-15-11-17(25-5-23-15)29(7-27-11)10-2-1-8(40-10)3-39-44(36,37)42-14-13(31)9(4-38-43(33,34)35)41-19(14)30-18-12(28-20(30)32)16(22)24-6-26-18/h5-10,13-14,19,31H,1-4H2,(H,28,32)(H,36,37)(H2,21,23,25)(H2,22,24,26)(H2,33,34,35)/t8-,9?,10+,13+,14?,19+/m0/s1. The highest BCUT2D eigenvalue weighted by Gasteiger charge is 2.51. The molecule has 0 amide bonds. The van der Waals surface area contributed by atoms with E-state index in [1.807, 2.05) is 0 Å². The van der Waals surface area contributed by atoms with Gasteiger partial charge in [0.15, 0.2) is 29.2 Å². The number of nitrogen functional groups attached to an aromatic ring is 2. The zero-order valence-corrected chi connectivity index (χ0v) is 24.0. The van der Waals surface area contributed by atoms with Gasteiger partial charge in [0.05, 0.1) is 25.6 Å². The maximum absolute atomic E-state index is 13.1. The van der Waals surface area contributed by atoms with Crippen molar-refractivity contribution in [3.05, 3.63) is 29.5 Å².